The number of carboxylic acids is 1. The van der Waals surface area contributed by atoms with Crippen molar-refractivity contribution in [2.75, 3.05) is 6.61 Å². The van der Waals surface area contributed by atoms with Crippen LogP contribution in [0.2, 0.25) is 0 Å². The molecule has 5 nitrogen and oxygen atoms in total. The van der Waals surface area contributed by atoms with Crippen LogP contribution in [0.25, 0.3) is 0 Å². The van der Waals surface area contributed by atoms with Gasteiger partial charge in [0.05, 0.1) is 5.41 Å². The van der Waals surface area contributed by atoms with Gasteiger partial charge in [-0.25, -0.2) is 4.79 Å². The molecule has 1 saturated carbocycles. The van der Waals surface area contributed by atoms with Gasteiger partial charge >= 0.3 is 12.1 Å². The van der Waals surface area contributed by atoms with Gasteiger partial charge in [0.1, 0.15) is 6.61 Å². The van der Waals surface area contributed by atoms with Gasteiger partial charge in [-0.3, -0.25) is 4.79 Å². The van der Waals surface area contributed by atoms with Gasteiger partial charge in [-0.1, -0.05) is 26.5 Å². The van der Waals surface area contributed by atoms with E-state index >= 15 is 0 Å². The summed E-state index contributed by atoms with van der Waals surface area (Å²) in [5.74, 6) is -0.823. The van der Waals surface area contributed by atoms with Crippen LogP contribution in [0.3, 0.4) is 0 Å². The van der Waals surface area contributed by atoms with Gasteiger partial charge < -0.3 is 15.2 Å². The van der Waals surface area contributed by atoms with E-state index in [1.807, 2.05) is 13.8 Å². The Kier molecular flexibility index (Phi) is 4.04. The van der Waals surface area contributed by atoms with Crippen LogP contribution in [-0.2, 0) is 9.53 Å². The van der Waals surface area contributed by atoms with Gasteiger partial charge in [-0.2, -0.15) is 0 Å². The Hall–Kier alpha value is -1.52. The number of amides is 1. The predicted octanol–water partition coefficient (Wildman–Crippen LogP) is 2.18. The minimum absolute atomic E-state index is 0.148. The minimum atomic E-state index is -0.830. The Bertz CT molecular complexity index is 364. The third-order valence-electron chi connectivity index (χ3n) is 4.32. The van der Waals surface area contributed by atoms with Crippen molar-refractivity contribution >= 4 is 12.1 Å². The molecule has 0 aromatic rings. The quantitative estimate of drug-likeness (QED) is 0.755. The van der Waals surface area contributed by atoms with E-state index < -0.39 is 22.9 Å². The number of hydrogen-bond donors (Lipinski definition) is 2. The Balaban J connectivity index is 2.73. The van der Waals surface area contributed by atoms with Gasteiger partial charge in [-0.05, 0) is 19.8 Å². The summed E-state index contributed by atoms with van der Waals surface area (Å²) in [6, 6.07) is -0.198. The van der Waals surface area contributed by atoms with E-state index in [-0.39, 0.29) is 12.6 Å². The molecule has 1 rings (SSSR count). The second kappa shape index (κ2) is 5.00. The first kappa shape index (κ1) is 14.5. The Morgan fingerprint density at radius 3 is 2.56 bits per heavy atom. The molecule has 0 aromatic heterocycles. The highest BCUT2D eigenvalue weighted by Crippen LogP contribution is 2.52. The van der Waals surface area contributed by atoms with E-state index in [1.54, 1.807) is 6.92 Å². The molecule has 102 valence electrons. The van der Waals surface area contributed by atoms with Gasteiger partial charge in [-0.15, -0.1) is 0 Å². The first-order chi connectivity index (χ1) is 8.25. The summed E-state index contributed by atoms with van der Waals surface area (Å²) in [5, 5.41) is 12.1. The van der Waals surface area contributed by atoms with Crippen molar-refractivity contribution in [1.82, 2.24) is 5.32 Å². The molecule has 0 heterocycles. The molecule has 1 amide bonds. The lowest BCUT2D eigenvalue weighted by Gasteiger charge is -2.38. The number of nitrogens with one attached hydrogen (secondary N) is 1. The normalized spacial score (nSPS) is 29.6. The minimum Gasteiger partial charge on any atom is -0.481 e. The van der Waals surface area contributed by atoms with E-state index in [9.17, 15) is 14.7 Å². The smallest absolute Gasteiger partial charge is 0.407 e. The molecule has 0 bridgehead atoms. The first-order valence-corrected chi connectivity index (χ1v) is 6.03. The number of hydrogen-bond acceptors (Lipinski definition) is 3. The summed E-state index contributed by atoms with van der Waals surface area (Å²) >= 11 is 0. The summed E-state index contributed by atoms with van der Waals surface area (Å²) < 4.78 is 4.86. The number of alkyl carbamates (subject to hydrolysis) is 1. The highest BCUT2D eigenvalue weighted by molar-refractivity contribution is 5.76. The van der Waals surface area contributed by atoms with Crippen LogP contribution in [0.4, 0.5) is 4.79 Å². The lowest BCUT2D eigenvalue weighted by Crippen LogP contribution is -2.49. The first-order valence-electron chi connectivity index (χ1n) is 6.03. The number of carboxylic acid groups (broad SMARTS) is 1. The molecule has 0 spiro atoms. The Morgan fingerprint density at radius 2 is 2.11 bits per heavy atom. The fourth-order valence-electron chi connectivity index (χ4n) is 2.45. The maximum Gasteiger partial charge on any atom is 0.407 e. The van der Waals surface area contributed by atoms with E-state index in [4.69, 9.17) is 4.74 Å². The zero-order valence-corrected chi connectivity index (χ0v) is 11.2. The summed E-state index contributed by atoms with van der Waals surface area (Å²) in [7, 11) is 0. The largest absolute Gasteiger partial charge is 0.481 e. The van der Waals surface area contributed by atoms with Crippen molar-refractivity contribution in [2.24, 2.45) is 10.8 Å². The number of carbonyl (C=O) groups excluding carboxylic acids is 1. The van der Waals surface area contributed by atoms with E-state index in [2.05, 4.69) is 11.9 Å². The SMILES string of the molecule is C=CCOC(=O)N[C@H]1CC[C@@](C)(C(=O)O)C1(C)C. The summed E-state index contributed by atoms with van der Waals surface area (Å²) in [6.45, 7) is 9.07. The lowest BCUT2D eigenvalue weighted by molar-refractivity contribution is -0.153. The molecule has 1 fully saturated rings. The molecule has 2 atom stereocenters. The standard InChI is InChI=1S/C13H21NO4/c1-5-8-18-11(17)14-9-6-7-13(4,10(15)16)12(9,2)3/h5,9H,1,6-8H2,2-4H3,(H,14,17)(H,15,16)/t9-,13-/m0/s1. The molecule has 5 heteroatoms. The zero-order valence-electron chi connectivity index (χ0n) is 11.2. The molecule has 1 aliphatic rings. The van der Waals surface area contributed by atoms with Crippen LogP contribution in [0, 0.1) is 10.8 Å². The van der Waals surface area contributed by atoms with Crippen LogP contribution in [0.15, 0.2) is 12.7 Å². The predicted molar refractivity (Wildman–Crippen MR) is 67.2 cm³/mol. The van der Waals surface area contributed by atoms with Crippen molar-refractivity contribution in [3.05, 3.63) is 12.7 Å². The van der Waals surface area contributed by atoms with E-state index in [0.29, 0.717) is 12.8 Å². The fourth-order valence-corrected chi connectivity index (χ4v) is 2.45. The number of rotatable bonds is 4. The average molecular weight is 255 g/mol. The summed E-state index contributed by atoms with van der Waals surface area (Å²) in [4.78, 5) is 22.9. The molecule has 0 aromatic carbocycles. The second-order valence-electron chi connectivity index (χ2n) is 5.48. The highest BCUT2D eigenvalue weighted by Gasteiger charge is 2.56. The number of aliphatic carboxylic acids is 1. The topological polar surface area (TPSA) is 75.6 Å². The van der Waals surface area contributed by atoms with E-state index in [0.717, 1.165) is 0 Å². The van der Waals surface area contributed by atoms with Crippen LogP contribution < -0.4 is 5.32 Å². The molecule has 1 aliphatic carbocycles. The molecular formula is C13H21NO4. The van der Waals surface area contributed by atoms with Crippen LogP contribution in [-0.4, -0.2) is 29.8 Å². The fraction of sp³-hybridized carbons (Fsp3) is 0.692. The van der Waals surface area contributed by atoms with Crippen LogP contribution >= 0.6 is 0 Å². The maximum absolute atomic E-state index is 11.5. The third-order valence-corrected chi connectivity index (χ3v) is 4.32. The summed E-state index contributed by atoms with van der Waals surface area (Å²) in [6.07, 6.45) is 2.14. The van der Waals surface area contributed by atoms with Gasteiger partial charge in [0.2, 0.25) is 0 Å². The Morgan fingerprint density at radius 1 is 1.50 bits per heavy atom. The van der Waals surface area contributed by atoms with Crippen molar-refractivity contribution in [3.8, 4) is 0 Å². The third kappa shape index (κ3) is 2.35. The van der Waals surface area contributed by atoms with E-state index in [1.165, 1.54) is 6.08 Å². The Labute approximate surface area is 107 Å². The second-order valence-corrected chi connectivity index (χ2v) is 5.48. The molecule has 2 N–H and O–H groups in total. The van der Waals surface area contributed by atoms with Gasteiger partial charge in [0, 0.05) is 11.5 Å². The van der Waals surface area contributed by atoms with Crippen molar-refractivity contribution in [2.45, 2.75) is 39.7 Å². The molecule has 0 unspecified atom stereocenters. The molecule has 0 aliphatic heterocycles. The van der Waals surface area contributed by atoms with Gasteiger partial charge in [0.15, 0.2) is 0 Å². The van der Waals surface area contributed by atoms with Crippen LogP contribution in [0.5, 0.6) is 0 Å². The number of ether oxygens (including phenoxy) is 1. The van der Waals surface area contributed by atoms with Crippen molar-refractivity contribution in [1.29, 1.82) is 0 Å². The van der Waals surface area contributed by atoms with Crippen LogP contribution in [0.1, 0.15) is 33.6 Å². The summed E-state index contributed by atoms with van der Waals surface area (Å²) in [5.41, 5.74) is -1.35. The molecule has 18 heavy (non-hydrogen) atoms. The maximum atomic E-state index is 11.5. The van der Waals surface area contributed by atoms with Gasteiger partial charge in [0.25, 0.3) is 0 Å². The van der Waals surface area contributed by atoms with Crippen molar-refractivity contribution in [3.63, 3.8) is 0 Å². The number of carbonyl (C=O) groups is 2. The molecule has 0 saturated heterocycles. The average Bonchev–Trinajstić information content (AvgIpc) is 2.51. The molecule has 0 radical (unpaired) electrons. The zero-order chi connectivity index (χ0) is 14.0. The monoisotopic (exact) mass is 255 g/mol. The van der Waals surface area contributed by atoms with Crippen molar-refractivity contribution < 1.29 is 19.4 Å². The lowest BCUT2D eigenvalue weighted by atomic mass is 9.68. The molecular weight excluding hydrogens is 234 g/mol. The highest BCUT2D eigenvalue weighted by atomic mass is 16.5.